The Morgan fingerprint density at radius 2 is 2.06 bits per heavy atom. The molecule has 0 fully saturated rings. The first-order valence-corrected chi connectivity index (χ1v) is 5.34. The summed E-state index contributed by atoms with van der Waals surface area (Å²) in [6.45, 7) is 8.43. The average Bonchev–Trinajstić information content (AvgIpc) is 2.27. The fourth-order valence-corrected chi connectivity index (χ4v) is 1.13. The van der Waals surface area contributed by atoms with Gasteiger partial charge in [0.25, 0.3) is 0 Å². The van der Waals surface area contributed by atoms with Gasteiger partial charge in [-0.05, 0) is 6.42 Å². The van der Waals surface area contributed by atoms with Crippen molar-refractivity contribution in [2.75, 3.05) is 27.1 Å². The van der Waals surface area contributed by atoms with Crippen LogP contribution in [-0.4, -0.2) is 44.4 Å². The Labute approximate surface area is 97.5 Å². The zero-order chi connectivity index (χ0) is 12.2. The molecule has 16 heavy (non-hydrogen) atoms. The van der Waals surface area contributed by atoms with Crippen molar-refractivity contribution in [1.82, 2.24) is 0 Å². The molecule has 0 unspecified atom stereocenters. The van der Waals surface area contributed by atoms with Crippen molar-refractivity contribution < 1.29 is 19.3 Å². The fraction of sp³-hybridized carbons (Fsp3) is 0.667. The fourth-order valence-electron chi connectivity index (χ4n) is 1.13. The third-order valence-electron chi connectivity index (χ3n) is 2.00. The Bertz CT molecular complexity index is 182. The predicted octanol–water partition coefficient (Wildman–Crippen LogP) is 1.51. The van der Waals surface area contributed by atoms with Crippen LogP contribution >= 0.6 is 0 Å². The summed E-state index contributed by atoms with van der Waals surface area (Å²) in [6, 6.07) is 0. The van der Waals surface area contributed by atoms with Crippen LogP contribution in [0.3, 0.4) is 0 Å². The van der Waals surface area contributed by atoms with Crippen molar-refractivity contribution in [2.45, 2.75) is 25.0 Å². The lowest BCUT2D eigenvalue weighted by molar-refractivity contribution is -0.0926. The van der Waals surface area contributed by atoms with E-state index >= 15 is 0 Å². The van der Waals surface area contributed by atoms with Crippen molar-refractivity contribution in [2.24, 2.45) is 0 Å². The van der Waals surface area contributed by atoms with E-state index in [1.807, 2.05) is 0 Å². The smallest absolute Gasteiger partial charge is 0.147 e. The van der Waals surface area contributed by atoms with Crippen molar-refractivity contribution in [1.29, 1.82) is 0 Å². The maximum atomic E-state index is 9.53. The minimum absolute atomic E-state index is 0.181. The van der Waals surface area contributed by atoms with Gasteiger partial charge in [0.15, 0.2) is 0 Å². The Hall–Kier alpha value is -0.680. The van der Waals surface area contributed by atoms with Gasteiger partial charge in [-0.15, -0.1) is 13.2 Å². The van der Waals surface area contributed by atoms with Gasteiger partial charge in [0.05, 0.1) is 25.4 Å². The monoisotopic (exact) mass is 230 g/mol. The van der Waals surface area contributed by atoms with E-state index in [1.165, 1.54) is 0 Å². The summed E-state index contributed by atoms with van der Waals surface area (Å²) >= 11 is 0. The maximum absolute atomic E-state index is 9.53. The predicted molar refractivity (Wildman–Crippen MR) is 63.2 cm³/mol. The SMILES string of the molecule is C=CC[C@H](O)C[C@H](C=C)OCOCCOC. The van der Waals surface area contributed by atoms with E-state index in [9.17, 15) is 5.11 Å². The van der Waals surface area contributed by atoms with E-state index < -0.39 is 6.10 Å². The number of ether oxygens (including phenoxy) is 3. The van der Waals surface area contributed by atoms with Crippen LogP contribution in [0, 0.1) is 0 Å². The van der Waals surface area contributed by atoms with Crippen LogP contribution in [0.25, 0.3) is 0 Å². The molecule has 0 aromatic carbocycles. The first-order valence-electron chi connectivity index (χ1n) is 5.34. The molecule has 4 heteroatoms. The molecule has 94 valence electrons. The molecular weight excluding hydrogens is 208 g/mol. The second kappa shape index (κ2) is 10.8. The molecule has 0 aliphatic heterocycles. The average molecular weight is 230 g/mol. The lowest BCUT2D eigenvalue weighted by Crippen LogP contribution is -2.20. The van der Waals surface area contributed by atoms with E-state index in [0.717, 1.165) is 0 Å². The number of methoxy groups -OCH3 is 1. The summed E-state index contributed by atoms with van der Waals surface area (Å²) in [5.74, 6) is 0. The number of rotatable bonds is 11. The van der Waals surface area contributed by atoms with Gasteiger partial charge in [-0.2, -0.15) is 0 Å². The summed E-state index contributed by atoms with van der Waals surface area (Å²) < 4.78 is 15.3. The normalized spacial score (nSPS) is 14.4. The lowest BCUT2D eigenvalue weighted by Gasteiger charge is -2.16. The molecule has 0 amide bonds. The number of aliphatic hydroxyl groups is 1. The van der Waals surface area contributed by atoms with Gasteiger partial charge in [0, 0.05) is 13.5 Å². The molecule has 0 bridgehead atoms. The van der Waals surface area contributed by atoms with E-state index in [0.29, 0.717) is 26.1 Å². The van der Waals surface area contributed by atoms with E-state index in [2.05, 4.69) is 13.2 Å². The molecule has 0 aromatic rings. The zero-order valence-electron chi connectivity index (χ0n) is 9.93. The van der Waals surface area contributed by atoms with Gasteiger partial charge < -0.3 is 19.3 Å². The van der Waals surface area contributed by atoms with Crippen LogP contribution in [0.5, 0.6) is 0 Å². The highest BCUT2D eigenvalue weighted by atomic mass is 16.7. The Kier molecular flexibility index (Phi) is 10.4. The van der Waals surface area contributed by atoms with Gasteiger partial charge in [-0.25, -0.2) is 0 Å². The van der Waals surface area contributed by atoms with Crippen LogP contribution in [0.4, 0.5) is 0 Å². The van der Waals surface area contributed by atoms with Crippen molar-refractivity contribution in [3.8, 4) is 0 Å². The van der Waals surface area contributed by atoms with Crippen molar-refractivity contribution in [3.63, 3.8) is 0 Å². The molecule has 0 saturated heterocycles. The van der Waals surface area contributed by atoms with E-state index in [-0.39, 0.29) is 12.9 Å². The first kappa shape index (κ1) is 15.3. The summed E-state index contributed by atoms with van der Waals surface area (Å²) in [5, 5.41) is 9.53. The highest BCUT2D eigenvalue weighted by molar-refractivity contribution is 4.84. The molecule has 0 aliphatic rings. The molecule has 0 aromatic heterocycles. The van der Waals surface area contributed by atoms with E-state index in [1.54, 1.807) is 19.3 Å². The highest BCUT2D eigenvalue weighted by Gasteiger charge is 2.10. The molecule has 4 nitrogen and oxygen atoms in total. The third kappa shape index (κ3) is 8.61. The van der Waals surface area contributed by atoms with Crippen LogP contribution < -0.4 is 0 Å². The molecule has 0 aliphatic carbocycles. The topological polar surface area (TPSA) is 47.9 Å². The van der Waals surface area contributed by atoms with Crippen molar-refractivity contribution >= 4 is 0 Å². The van der Waals surface area contributed by atoms with Gasteiger partial charge in [0.1, 0.15) is 6.79 Å². The lowest BCUT2D eigenvalue weighted by atomic mass is 10.1. The third-order valence-corrected chi connectivity index (χ3v) is 2.00. The minimum Gasteiger partial charge on any atom is -0.393 e. The maximum Gasteiger partial charge on any atom is 0.147 e. The van der Waals surface area contributed by atoms with Crippen LogP contribution in [0.2, 0.25) is 0 Å². The van der Waals surface area contributed by atoms with Crippen LogP contribution in [0.1, 0.15) is 12.8 Å². The van der Waals surface area contributed by atoms with Crippen LogP contribution in [-0.2, 0) is 14.2 Å². The summed E-state index contributed by atoms with van der Waals surface area (Å²) in [6.07, 6.45) is 3.75. The minimum atomic E-state index is -0.445. The van der Waals surface area contributed by atoms with E-state index in [4.69, 9.17) is 14.2 Å². The van der Waals surface area contributed by atoms with Gasteiger partial charge in [-0.3, -0.25) is 0 Å². The first-order chi connectivity index (χ1) is 7.74. The van der Waals surface area contributed by atoms with Crippen LogP contribution in [0.15, 0.2) is 25.3 Å². The molecule has 0 heterocycles. The Morgan fingerprint density at radius 1 is 1.31 bits per heavy atom. The molecule has 2 atom stereocenters. The largest absolute Gasteiger partial charge is 0.393 e. The second-order valence-corrected chi connectivity index (χ2v) is 3.37. The standard InChI is InChI=1S/C12H22O4/c1-4-6-11(13)9-12(5-2)16-10-15-8-7-14-3/h4-5,11-13H,1-2,6-10H2,3H3/t11-,12-/m0/s1. The molecule has 0 rings (SSSR count). The summed E-state index contributed by atoms with van der Waals surface area (Å²) in [4.78, 5) is 0. The molecule has 0 spiro atoms. The molecule has 0 saturated carbocycles. The van der Waals surface area contributed by atoms with Gasteiger partial charge in [-0.1, -0.05) is 12.2 Å². The van der Waals surface area contributed by atoms with Gasteiger partial charge >= 0.3 is 0 Å². The number of aliphatic hydroxyl groups excluding tert-OH is 1. The Balaban J connectivity index is 3.58. The zero-order valence-corrected chi connectivity index (χ0v) is 9.93. The molecular formula is C12H22O4. The highest BCUT2D eigenvalue weighted by Crippen LogP contribution is 2.07. The summed E-state index contributed by atoms with van der Waals surface area (Å²) in [5.41, 5.74) is 0. The second-order valence-electron chi connectivity index (χ2n) is 3.37. The molecule has 1 N–H and O–H groups in total. The number of hydrogen-bond acceptors (Lipinski definition) is 4. The summed E-state index contributed by atoms with van der Waals surface area (Å²) in [7, 11) is 1.61. The Morgan fingerprint density at radius 3 is 2.62 bits per heavy atom. The quantitative estimate of drug-likeness (QED) is 0.332. The van der Waals surface area contributed by atoms with Gasteiger partial charge in [0.2, 0.25) is 0 Å². The molecule has 0 radical (unpaired) electrons. The number of hydrogen-bond donors (Lipinski definition) is 1. The van der Waals surface area contributed by atoms with Crippen molar-refractivity contribution in [3.05, 3.63) is 25.3 Å².